The van der Waals surface area contributed by atoms with Gasteiger partial charge in [0.2, 0.25) is 11.8 Å². The second kappa shape index (κ2) is 16.1. The van der Waals surface area contributed by atoms with Gasteiger partial charge >= 0.3 is 6.09 Å². The Morgan fingerprint density at radius 3 is 2.00 bits per heavy atom. The molecule has 0 spiro atoms. The van der Waals surface area contributed by atoms with Crippen LogP contribution in [0, 0.1) is 0 Å². The maximum atomic E-state index is 13.8. The molecule has 1 aromatic heterocycles. The van der Waals surface area contributed by atoms with Gasteiger partial charge in [0.1, 0.15) is 22.7 Å². The molecule has 3 aromatic carbocycles. The van der Waals surface area contributed by atoms with Crippen LogP contribution in [0.2, 0.25) is 0 Å². The van der Waals surface area contributed by atoms with E-state index >= 15 is 0 Å². The fourth-order valence-corrected chi connectivity index (χ4v) is 5.66. The number of hydrogen-bond donors (Lipinski definition) is 3. The van der Waals surface area contributed by atoms with Crippen LogP contribution in [0.3, 0.4) is 0 Å². The maximum Gasteiger partial charge on any atom is 0.408 e. The highest BCUT2D eigenvalue weighted by atomic mass is 16.6. The number of aromatic nitrogens is 2. The summed E-state index contributed by atoms with van der Waals surface area (Å²) in [5.41, 5.74) is 0.604. The predicted molar refractivity (Wildman–Crippen MR) is 199 cm³/mol. The highest BCUT2D eigenvalue weighted by Gasteiger charge is 2.39. The highest BCUT2D eigenvalue weighted by molar-refractivity contribution is 5.98. The van der Waals surface area contributed by atoms with Gasteiger partial charge in [-0.05, 0) is 83.1 Å². The van der Waals surface area contributed by atoms with Crippen LogP contribution in [0.4, 0.5) is 10.6 Å². The molecule has 0 aliphatic heterocycles. The van der Waals surface area contributed by atoms with Crippen molar-refractivity contribution in [2.45, 2.75) is 83.5 Å². The lowest BCUT2D eigenvalue weighted by atomic mass is 9.88. The van der Waals surface area contributed by atoms with Crippen molar-refractivity contribution in [1.29, 1.82) is 0 Å². The number of ether oxygens (including phenoxy) is 1. The molecule has 0 aliphatic carbocycles. The highest BCUT2D eigenvalue weighted by Crippen LogP contribution is 2.31. The van der Waals surface area contributed by atoms with Gasteiger partial charge in [-0.3, -0.25) is 14.4 Å². The molecular formula is C40H50N6O5. The number of alkyl carbamates (subject to hydrolysis) is 1. The molecule has 51 heavy (non-hydrogen) atoms. The van der Waals surface area contributed by atoms with Gasteiger partial charge in [-0.1, -0.05) is 84.9 Å². The average molecular weight is 695 g/mol. The topological polar surface area (TPSA) is 135 Å². The summed E-state index contributed by atoms with van der Waals surface area (Å²) in [4.78, 5) is 59.5. The van der Waals surface area contributed by atoms with E-state index in [4.69, 9.17) is 4.74 Å². The van der Waals surface area contributed by atoms with Crippen molar-refractivity contribution in [2.75, 3.05) is 19.4 Å². The molecule has 3 N–H and O–H groups in total. The molecule has 0 bridgehead atoms. The molecule has 0 aliphatic rings. The van der Waals surface area contributed by atoms with E-state index in [0.29, 0.717) is 19.3 Å². The Labute approximate surface area is 300 Å². The van der Waals surface area contributed by atoms with Gasteiger partial charge in [0.15, 0.2) is 5.82 Å². The first-order chi connectivity index (χ1) is 24.0. The summed E-state index contributed by atoms with van der Waals surface area (Å²) in [5.74, 6) is -1.01. The van der Waals surface area contributed by atoms with Crippen LogP contribution in [0.5, 0.6) is 0 Å². The molecule has 1 heterocycles. The van der Waals surface area contributed by atoms with Crippen molar-refractivity contribution in [1.82, 2.24) is 25.1 Å². The van der Waals surface area contributed by atoms with Crippen molar-refractivity contribution in [2.24, 2.45) is 0 Å². The summed E-state index contributed by atoms with van der Waals surface area (Å²) in [5, 5.41) is 8.27. The lowest BCUT2D eigenvalue weighted by Gasteiger charge is -2.33. The van der Waals surface area contributed by atoms with Gasteiger partial charge < -0.3 is 30.2 Å². The van der Waals surface area contributed by atoms with Crippen molar-refractivity contribution >= 4 is 29.6 Å². The van der Waals surface area contributed by atoms with Crippen LogP contribution in [0.25, 0.3) is 11.1 Å². The van der Waals surface area contributed by atoms with Crippen molar-refractivity contribution in [3.05, 3.63) is 109 Å². The number of nitrogens with one attached hydrogen (secondary N) is 3. The number of hydrogen-bond acceptors (Lipinski definition) is 6. The first kappa shape index (κ1) is 38.4. The van der Waals surface area contributed by atoms with Gasteiger partial charge in [-0.15, -0.1) is 0 Å². The minimum absolute atomic E-state index is 0.184. The lowest BCUT2D eigenvalue weighted by molar-refractivity contribution is -0.135. The molecule has 0 radical (unpaired) electrons. The molecule has 0 saturated heterocycles. The number of benzene rings is 3. The number of likely N-dealkylation sites (N-methyl/N-ethyl adjacent to an activating group) is 1. The average Bonchev–Trinajstić information content (AvgIpc) is 3.55. The first-order valence-corrected chi connectivity index (χ1v) is 17.1. The molecule has 4 rings (SSSR count). The zero-order valence-electron chi connectivity index (χ0n) is 30.8. The summed E-state index contributed by atoms with van der Waals surface area (Å²) in [7, 11) is 3.39. The lowest BCUT2D eigenvalue weighted by Crippen LogP contribution is -2.58. The Kier molecular flexibility index (Phi) is 12.1. The fourth-order valence-electron chi connectivity index (χ4n) is 5.66. The van der Waals surface area contributed by atoms with E-state index in [1.165, 1.54) is 11.2 Å². The third-order valence-electron chi connectivity index (χ3n) is 8.53. The second-order valence-corrected chi connectivity index (χ2v) is 14.5. The van der Waals surface area contributed by atoms with Crippen LogP contribution in [-0.2, 0) is 31.1 Å². The summed E-state index contributed by atoms with van der Waals surface area (Å²) in [6.07, 6.45) is 4.00. The van der Waals surface area contributed by atoms with E-state index < -0.39 is 40.6 Å². The number of carbonyl (C=O) groups is 4. The van der Waals surface area contributed by atoms with Gasteiger partial charge in [0.05, 0.1) is 6.33 Å². The van der Waals surface area contributed by atoms with Gasteiger partial charge in [0, 0.05) is 20.3 Å². The number of carbonyl (C=O) groups excluding carboxylic acids is 4. The molecule has 2 atom stereocenters. The zero-order valence-corrected chi connectivity index (χ0v) is 30.8. The van der Waals surface area contributed by atoms with Crippen molar-refractivity contribution < 1.29 is 23.9 Å². The number of amides is 4. The third-order valence-corrected chi connectivity index (χ3v) is 8.53. The summed E-state index contributed by atoms with van der Waals surface area (Å²) >= 11 is 0. The Morgan fingerprint density at radius 2 is 1.41 bits per heavy atom. The van der Waals surface area contributed by atoms with Crippen LogP contribution in [-0.4, -0.2) is 69.5 Å². The number of aryl methyl sites for hydroxylation is 1. The smallest absolute Gasteiger partial charge is 0.408 e. The van der Waals surface area contributed by atoms with E-state index in [9.17, 15) is 19.2 Å². The second-order valence-electron chi connectivity index (χ2n) is 14.5. The summed E-state index contributed by atoms with van der Waals surface area (Å²) < 4.78 is 7.02. The molecule has 4 amide bonds. The summed E-state index contributed by atoms with van der Waals surface area (Å²) in [6.45, 7) is 10.1. The summed E-state index contributed by atoms with van der Waals surface area (Å²) in [6, 6.07) is 26.7. The normalized spacial score (nSPS) is 13.3. The van der Waals surface area contributed by atoms with Crippen LogP contribution in [0.15, 0.2) is 97.5 Å². The molecule has 0 saturated carbocycles. The van der Waals surface area contributed by atoms with Crippen molar-refractivity contribution in [3.8, 4) is 11.1 Å². The minimum atomic E-state index is -1.38. The van der Waals surface area contributed by atoms with Gasteiger partial charge in [0.25, 0.3) is 5.91 Å². The van der Waals surface area contributed by atoms with Gasteiger partial charge in [-0.2, -0.15) is 0 Å². The van der Waals surface area contributed by atoms with E-state index in [2.05, 4.69) is 20.9 Å². The van der Waals surface area contributed by atoms with Crippen LogP contribution >= 0.6 is 0 Å². The number of rotatable bonds is 13. The zero-order chi connectivity index (χ0) is 37.4. The molecule has 11 heteroatoms. The van der Waals surface area contributed by atoms with E-state index in [1.807, 2.05) is 91.9 Å². The fraction of sp³-hybridized carbons (Fsp3) is 0.375. The van der Waals surface area contributed by atoms with Crippen LogP contribution in [0.1, 0.15) is 65.5 Å². The molecule has 270 valence electrons. The predicted octanol–water partition coefficient (Wildman–Crippen LogP) is 6.15. The number of imidazole rings is 1. The Hall–Kier alpha value is -5.45. The Morgan fingerprint density at radius 1 is 0.824 bits per heavy atom. The van der Waals surface area contributed by atoms with Gasteiger partial charge in [-0.25, -0.2) is 9.78 Å². The van der Waals surface area contributed by atoms with E-state index in [-0.39, 0.29) is 11.7 Å². The van der Waals surface area contributed by atoms with Crippen LogP contribution < -0.4 is 16.0 Å². The van der Waals surface area contributed by atoms with E-state index in [1.54, 1.807) is 59.5 Å². The molecule has 11 nitrogen and oxygen atoms in total. The molecule has 4 aromatic rings. The SMILES string of the molecule is CN(C)C(=O)C(C)(c1ccc(-c2ccccc2)cc1)n1cnc(NC(=O)[C@H](CCCc2ccccc2)NC(=O)C(C)(C)NC(=O)OC(C)(C)C)c1. The number of anilines is 1. The number of nitrogens with zero attached hydrogens (tertiary/aromatic N) is 3. The monoisotopic (exact) mass is 694 g/mol. The van der Waals surface area contributed by atoms with Crippen molar-refractivity contribution in [3.63, 3.8) is 0 Å². The molecular weight excluding hydrogens is 644 g/mol. The van der Waals surface area contributed by atoms with E-state index in [0.717, 1.165) is 22.3 Å². The first-order valence-electron chi connectivity index (χ1n) is 17.1. The third kappa shape index (κ3) is 10.1. The molecule has 1 unspecified atom stereocenters. The molecule has 0 fully saturated rings. The quantitative estimate of drug-likeness (QED) is 0.154. The Bertz CT molecular complexity index is 1800. The maximum absolute atomic E-state index is 13.8. The largest absolute Gasteiger partial charge is 0.444 e. The standard InChI is InChI=1S/C40H50N6O5/c1-38(2,3)51-37(50)44-39(4,5)35(48)42-32(21-15-18-28-16-11-9-12-17-28)34(47)43-33-26-46(27-41-33)40(6,36(49)45(7)8)31-24-22-30(23-25-31)29-19-13-10-14-20-29/h9-14,16-17,19-20,22-27,32H,15,18,21H2,1-8H3,(H,42,48)(H,43,47)(H,44,50)/t32-,40?/m0/s1. The Balaban J connectivity index is 1.56. The minimum Gasteiger partial charge on any atom is -0.444 e.